The maximum Gasteiger partial charge on any atom is 0.347 e. The van der Waals surface area contributed by atoms with Gasteiger partial charge in [-0.15, -0.1) is 5.10 Å². The van der Waals surface area contributed by atoms with Crippen LogP contribution in [-0.2, 0) is 24.9 Å². The van der Waals surface area contributed by atoms with E-state index in [-0.39, 0.29) is 11.6 Å². The Balaban J connectivity index is 1.24. The summed E-state index contributed by atoms with van der Waals surface area (Å²) < 4.78 is 8.53. The molecule has 3 heterocycles. The summed E-state index contributed by atoms with van der Waals surface area (Å²) in [6.45, 7) is 5.38. The maximum atomic E-state index is 13.2. The van der Waals surface area contributed by atoms with Crippen molar-refractivity contribution in [2.75, 3.05) is 37.9 Å². The number of morpholine rings is 1. The summed E-state index contributed by atoms with van der Waals surface area (Å²) in [6.07, 6.45) is 0. The number of halogens is 1. The summed E-state index contributed by atoms with van der Waals surface area (Å²) in [6, 6.07) is 26.4. The van der Waals surface area contributed by atoms with E-state index in [1.165, 1.54) is 10.2 Å². The average Bonchev–Trinajstić information content (AvgIpc) is 3.53. The van der Waals surface area contributed by atoms with Crippen LogP contribution in [0.4, 0.5) is 5.95 Å². The fraction of sp³-hybridized carbons (Fsp3) is 0.300. The second kappa shape index (κ2) is 11.2. The van der Waals surface area contributed by atoms with Crippen LogP contribution in [0.2, 0.25) is 5.02 Å². The SMILES string of the molecule is Cn1c(N2C[C@H](c3ccccc3)C(c3ccc(Cl)cc3)=N2)nn(Cc2ccc(CN3CCOCC3)cc2)c1=O. The Morgan fingerprint density at radius 3 is 2.26 bits per heavy atom. The number of hydrazone groups is 1. The molecule has 0 bridgehead atoms. The molecule has 0 saturated carbocycles. The predicted octanol–water partition coefficient (Wildman–Crippen LogP) is 4.12. The van der Waals surface area contributed by atoms with E-state index in [0.717, 1.165) is 55.3 Å². The van der Waals surface area contributed by atoms with Crippen LogP contribution in [0, 0.1) is 0 Å². The average molecular weight is 543 g/mol. The van der Waals surface area contributed by atoms with Gasteiger partial charge in [0.2, 0.25) is 5.95 Å². The molecule has 2 aliphatic rings. The zero-order valence-electron chi connectivity index (χ0n) is 21.9. The van der Waals surface area contributed by atoms with Crippen LogP contribution in [0.3, 0.4) is 0 Å². The number of rotatable bonds is 7. The molecule has 0 radical (unpaired) electrons. The minimum atomic E-state index is -0.172. The molecule has 0 aliphatic carbocycles. The van der Waals surface area contributed by atoms with Crippen molar-refractivity contribution < 1.29 is 4.74 Å². The molecule has 4 aromatic rings. The van der Waals surface area contributed by atoms with Gasteiger partial charge in [-0.1, -0.05) is 78.3 Å². The number of anilines is 1. The molecule has 9 heteroatoms. The van der Waals surface area contributed by atoms with E-state index in [0.29, 0.717) is 24.1 Å². The van der Waals surface area contributed by atoms with Crippen molar-refractivity contribution in [3.63, 3.8) is 0 Å². The van der Waals surface area contributed by atoms with E-state index in [1.54, 1.807) is 11.6 Å². The van der Waals surface area contributed by atoms with E-state index in [9.17, 15) is 4.79 Å². The molecule has 0 unspecified atom stereocenters. The molecule has 0 spiro atoms. The lowest BCUT2D eigenvalue weighted by Gasteiger charge is -2.26. The Bertz CT molecular complexity index is 1510. The van der Waals surface area contributed by atoms with Crippen molar-refractivity contribution in [2.24, 2.45) is 12.1 Å². The van der Waals surface area contributed by atoms with Gasteiger partial charge in [-0.25, -0.2) is 14.5 Å². The Kier molecular flexibility index (Phi) is 7.32. The lowest BCUT2D eigenvalue weighted by atomic mass is 9.91. The molecular formula is C30H31ClN6O2. The normalized spacial score (nSPS) is 17.9. The van der Waals surface area contributed by atoms with Gasteiger partial charge in [-0.05, 0) is 34.4 Å². The zero-order valence-corrected chi connectivity index (χ0v) is 22.7. The topological polar surface area (TPSA) is 67.9 Å². The van der Waals surface area contributed by atoms with Crippen molar-refractivity contribution >= 4 is 23.3 Å². The Labute approximate surface area is 232 Å². The van der Waals surface area contributed by atoms with Crippen LogP contribution in [0.25, 0.3) is 0 Å². The first-order chi connectivity index (χ1) is 19.0. The monoisotopic (exact) mass is 542 g/mol. The van der Waals surface area contributed by atoms with Gasteiger partial charge in [-0.3, -0.25) is 9.47 Å². The van der Waals surface area contributed by atoms with Gasteiger partial charge < -0.3 is 4.74 Å². The smallest absolute Gasteiger partial charge is 0.347 e. The summed E-state index contributed by atoms with van der Waals surface area (Å²) in [7, 11) is 1.75. The van der Waals surface area contributed by atoms with Gasteiger partial charge in [0.1, 0.15) is 0 Å². The number of hydrogen-bond acceptors (Lipinski definition) is 6. The van der Waals surface area contributed by atoms with Crippen molar-refractivity contribution in [2.45, 2.75) is 19.0 Å². The first-order valence-corrected chi connectivity index (χ1v) is 13.6. The highest BCUT2D eigenvalue weighted by atomic mass is 35.5. The number of ether oxygens (including phenoxy) is 1. The molecule has 1 saturated heterocycles. The highest BCUT2D eigenvalue weighted by molar-refractivity contribution is 6.30. The predicted molar refractivity (Wildman–Crippen MR) is 154 cm³/mol. The second-order valence-electron chi connectivity index (χ2n) is 10.0. The first-order valence-electron chi connectivity index (χ1n) is 13.2. The summed E-state index contributed by atoms with van der Waals surface area (Å²) in [5, 5.41) is 12.2. The van der Waals surface area contributed by atoms with Gasteiger partial charge >= 0.3 is 5.69 Å². The lowest BCUT2D eigenvalue weighted by molar-refractivity contribution is 0.0342. The largest absolute Gasteiger partial charge is 0.379 e. The number of nitrogens with zero attached hydrogens (tertiary/aromatic N) is 6. The molecule has 2 aliphatic heterocycles. The van der Waals surface area contributed by atoms with Crippen LogP contribution in [0.1, 0.15) is 28.2 Å². The van der Waals surface area contributed by atoms with Crippen molar-refractivity contribution in [3.8, 4) is 0 Å². The summed E-state index contributed by atoms with van der Waals surface area (Å²) >= 11 is 6.15. The van der Waals surface area contributed by atoms with Crippen LogP contribution in [0.15, 0.2) is 88.8 Å². The Hall–Kier alpha value is -3.72. The second-order valence-corrected chi connectivity index (χ2v) is 10.5. The van der Waals surface area contributed by atoms with E-state index >= 15 is 0 Å². The zero-order chi connectivity index (χ0) is 26.8. The fourth-order valence-corrected chi connectivity index (χ4v) is 5.33. The van der Waals surface area contributed by atoms with Gasteiger partial charge in [-0.2, -0.15) is 5.10 Å². The van der Waals surface area contributed by atoms with Crippen LogP contribution >= 0.6 is 11.6 Å². The van der Waals surface area contributed by atoms with Crippen molar-refractivity contribution in [1.29, 1.82) is 0 Å². The molecule has 1 fully saturated rings. The molecule has 1 aromatic heterocycles. The van der Waals surface area contributed by atoms with Crippen LogP contribution < -0.4 is 10.7 Å². The summed E-state index contributed by atoms with van der Waals surface area (Å²) in [4.78, 5) is 15.6. The minimum absolute atomic E-state index is 0.0339. The van der Waals surface area contributed by atoms with Crippen molar-refractivity contribution in [1.82, 2.24) is 19.2 Å². The van der Waals surface area contributed by atoms with E-state index < -0.39 is 0 Å². The van der Waals surface area contributed by atoms with E-state index in [2.05, 4.69) is 41.3 Å². The molecule has 6 rings (SSSR count). The quantitative estimate of drug-likeness (QED) is 0.351. The standard InChI is InChI=1S/C30H31ClN6O2/c1-34-29(33-37(30(34)38)20-23-9-7-22(8-10-23)19-35-15-17-39-18-16-35)36-21-27(24-5-3-2-4-6-24)28(32-36)25-11-13-26(31)14-12-25/h2-14,27H,15-21H2,1H3/t27-/m1/s1. The van der Waals surface area contributed by atoms with Gasteiger partial charge in [0.25, 0.3) is 0 Å². The third-order valence-corrected chi connectivity index (χ3v) is 7.62. The Morgan fingerprint density at radius 2 is 1.56 bits per heavy atom. The molecule has 0 amide bonds. The van der Waals surface area contributed by atoms with Crippen molar-refractivity contribution in [3.05, 3.63) is 117 Å². The van der Waals surface area contributed by atoms with Gasteiger partial charge in [0.05, 0.1) is 32.0 Å². The number of benzene rings is 3. The molecule has 39 heavy (non-hydrogen) atoms. The first kappa shape index (κ1) is 25.6. The highest BCUT2D eigenvalue weighted by Gasteiger charge is 2.32. The van der Waals surface area contributed by atoms with Gasteiger partial charge in [0, 0.05) is 37.6 Å². The third-order valence-electron chi connectivity index (χ3n) is 7.37. The maximum absolute atomic E-state index is 13.2. The van der Waals surface area contributed by atoms with E-state index in [1.807, 2.05) is 47.5 Å². The Morgan fingerprint density at radius 1 is 0.897 bits per heavy atom. The van der Waals surface area contributed by atoms with Gasteiger partial charge in [0.15, 0.2) is 0 Å². The summed E-state index contributed by atoms with van der Waals surface area (Å²) in [5.74, 6) is 0.556. The van der Waals surface area contributed by atoms with Crippen LogP contribution in [0.5, 0.6) is 0 Å². The number of hydrogen-bond donors (Lipinski definition) is 0. The third kappa shape index (κ3) is 5.54. The number of aromatic nitrogens is 3. The molecule has 8 nitrogen and oxygen atoms in total. The van der Waals surface area contributed by atoms with E-state index in [4.69, 9.17) is 26.5 Å². The molecular weight excluding hydrogens is 512 g/mol. The fourth-order valence-electron chi connectivity index (χ4n) is 5.20. The molecule has 0 N–H and O–H groups in total. The molecule has 3 aromatic carbocycles. The summed E-state index contributed by atoms with van der Waals surface area (Å²) in [5.41, 5.74) is 5.20. The highest BCUT2D eigenvalue weighted by Crippen LogP contribution is 2.31. The molecule has 1 atom stereocenters. The molecule has 200 valence electrons. The minimum Gasteiger partial charge on any atom is -0.379 e. The lowest BCUT2D eigenvalue weighted by Crippen LogP contribution is -2.35. The van der Waals surface area contributed by atoms with Crippen LogP contribution in [-0.4, -0.2) is 57.8 Å².